The number of hydrogen-bond donors (Lipinski definition) is 0. The van der Waals surface area contributed by atoms with Crippen molar-refractivity contribution in [3.05, 3.63) is 33.4 Å². The third-order valence-electron chi connectivity index (χ3n) is 2.80. The van der Waals surface area contributed by atoms with Crippen LogP contribution in [0.15, 0.2) is 12.1 Å². The molecule has 20 heavy (non-hydrogen) atoms. The molecule has 0 aliphatic rings. The highest BCUT2D eigenvalue weighted by Gasteiger charge is 2.28. The molecule has 0 saturated carbocycles. The van der Waals surface area contributed by atoms with Gasteiger partial charge in [0.2, 0.25) is 5.75 Å². The van der Waals surface area contributed by atoms with Crippen molar-refractivity contribution in [1.82, 2.24) is 0 Å². The van der Waals surface area contributed by atoms with Gasteiger partial charge in [-0.05, 0) is 18.4 Å². The van der Waals surface area contributed by atoms with E-state index >= 15 is 0 Å². The second-order valence-electron chi connectivity index (χ2n) is 5.49. The molecule has 0 aliphatic carbocycles. The molecule has 6 nitrogen and oxygen atoms in total. The molecule has 110 valence electrons. The lowest BCUT2D eigenvalue weighted by Gasteiger charge is -2.23. The highest BCUT2D eigenvalue weighted by molar-refractivity contribution is 5.95. The Morgan fingerprint density at radius 1 is 1.35 bits per heavy atom. The summed E-state index contributed by atoms with van der Waals surface area (Å²) in [4.78, 5) is 22.2. The van der Waals surface area contributed by atoms with Crippen LogP contribution in [-0.2, 0) is 10.2 Å². The number of methoxy groups -OCH3 is 1. The van der Waals surface area contributed by atoms with Gasteiger partial charge in [0, 0.05) is 24.3 Å². The summed E-state index contributed by atoms with van der Waals surface area (Å²) in [5, 5.41) is 11.2. The second-order valence-corrected chi connectivity index (χ2v) is 5.49. The van der Waals surface area contributed by atoms with Crippen molar-refractivity contribution in [2.24, 2.45) is 0 Å². The molecule has 0 N–H and O–H groups in total. The number of benzene rings is 1. The first-order valence-electron chi connectivity index (χ1n) is 6.14. The van der Waals surface area contributed by atoms with Crippen LogP contribution >= 0.6 is 0 Å². The van der Waals surface area contributed by atoms with Crippen LogP contribution in [0.3, 0.4) is 0 Å². The zero-order valence-electron chi connectivity index (χ0n) is 12.4. The first-order chi connectivity index (χ1) is 9.18. The Morgan fingerprint density at radius 3 is 2.35 bits per heavy atom. The number of carbonyl (C=O) groups excluding carboxylic acids is 1. The number of nitrogens with zero attached hydrogens (tertiary/aromatic N) is 1. The van der Waals surface area contributed by atoms with Crippen molar-refractivity contribution in [2.75, 3.05) is 13.9 Å². The van der Waals surface area contributed by atoms with Crippen molar-refractivity contribution in [3.8, 4) is 5.75 Å². The normalized spacial score (nSPS) is 11.2. The quantitative estimate of drug-likeness (QED) is 0.358. The minimum atomic E-state index is -0.549. The molecule has 0 atom stereocenters. The Bertz CT molecular complexity index is 531. The van der Waals surface area contributed by atoms with E-state index in [1.165, 1.54) is 20.1 Å². The molecule has 0 radical (unpaired) electrons. The highest BCUT2D eigenvalue weighted by atomic mass is 16.7. The van der Waals surface area contributed by atoms with Gasteiger partial charge in [0.25, 0.3) is 0 Å². The number of ether oxygens (including phenoxy) is 2. The number of nitro benzene ring substituents is 1. The summed E-state index contributed by atoms with van der Waals surface area (Å²) in [6.45, 7) is 6.98. The van der Waals surface area contributed by atoms with E-state index in [-0.39, 0.29) is 24.0 Å². The lowest BCUT2D eigenvalue weighted by molar-refractivity contribution is -0.386. The fraction of sp³-hybridized carbons (Fsp3) is 0.500. The van der Waals surface area contributed by atoms with Crippen LogP contribution in [0.25, 0.3) is 0 Å². The molecule has 6 heteroatoms. The van der Waals surface area contributed by atoms with Gasteiger partial charge in [0.15, 0.2) is 12.6 Å². The van der Waals surface area contributed by atoms with Crippen LogP contribution in [-0.4, -0.2) is 24.6 Å². The molecule has 0 unspecified atom stereocenters. The maximum absolute atomic E-state index is 11.5. The Kier molecular flexibility index (Phi) is 4.83. The second kappa shape index (κ2) is 6.00. The maximum Gasteiger partial charge on any atom is 0.312 e. The van der Waals surface area contributed by atoms with Gasteiger partial charge in [-0.3, -0.25) is 14.9 Å². The van der Waals surface area contributed by atoms with Gasteiger partial charge in [-0.1, -0.05) is 20.8 Å². The largest absolute Gasteiger partial charge is 0.460 e. The van der Waals surface area contributed by atoms with Crippen LogP contribution < -0.4 is 4.74 Å². The molecule has 0 fully saturated rings. The van der Waals surface area contributed by atoms with Crippen LogP contribution in [0, 0.1) is 10.1 Å². The average Bonchev–Trinajstić information content (AvgIpc) is 2.33. The first kappa shape index (κ1) is 16.1. The SMILES string of the molecule is COCOc1c([N+](=O)[O-])cc(C(C)=O)cc1C(C)(C)C. The molecule has 1 aromatic carbocycles. The van der Waals surface area contributed by atoms with E-state index in [1.54, 1.807) is 6.07 Å². The van der Waals surface area contributed by atoms with Gasteiger partial charge in [0.05, 0.1) is 4.92 Å². The number of hydrogen-bond acceptors (Lipinski definition) is 5. The Hall–Kier alpha value is -1.95. The van der Waals surface area contributed by atoms with Crippen molar-refractivity contribution in [2.45, 2.75) is 33.1 Å². The number of carbonyl (C=O) groups is 1. The summed E-state index contributed by atoms with van der Waals surface area (Å²) >= 11 is 0. The summed E-state index contributed by atoms with van der Waals surface area (Å²) in [7, 11) is 1.44. The van der Waals surface area contributed by atoms with Gasteiger partial charge in [-0.2, -0.15) is 0 Å². The molecule has 0 aliphatic heterocycles. The first-order valence-corrected chi connectivity index (χ1v) is 6.14. The number of nitro groups is 1. The van der Waals surface area contributed by atoms with Crippen molar-refractivity contribution >= 4 is 11.5 Å². The molecule has 0 saturated heterocycles. The molecule has 0 aromatic heterocycles. The van der Waals surface area contributed by atoms with Gasteiger partial charge in [-0.25, -0.2) is 0 Å². The van der Waals surface area contributed by atoms with Crippen LogP contribution in [0.1, 0.15) is 43.6 Å². The predicted octanol–water partition coefficient (Wildman–Crippen LogP) is 3.08. The molecule has 0 heterocycles. The summed E-state index contributed by atoms with van der Waals surface area (Å²) in [5.41, 5.74) is 0.277. The predicted molar refractivity (Wildman–Crippen MR) is 74.3 cm³/mol. The van der Waals surface area contributed by atoms with E-state index in [1.807, 2.05) is 20.8 Å². The van der Waals surface area contributed by atoms with Crippen LogP contribution in [0.5, 0.6) is 5.75 Å². The van der Waals surface area contributed by atoms with E-state index < -0.39 is 10.3 Å². The summed E-state index contributed by atoms with van der Waals surface area (Å²) in [6, 6.07) is 2.88. The Labute approximate surface area is 117 Å². The van der Waals surface area contributed by atoms with Crippen LogP contribution in [0.2, 0.25) is 0 Å². The summed E-state index contributed by atoms with van der Waals surface area (Å²) in [6.07, 6.45) is 0. The highest BCUT2D eigenvalue weighted by Crippen LogP contribution is 2.39. The number of Topliss-reactive ketones (excluding diaryl/α,β-unsaturated/α-hetero) is 1. The zero-order chi connectivity index (χ0) is 15.5. The van der Waals surface area contributed by atoms with Crippen molar-refractivity contribution in [1.29, 1.82) is 0 Å². The van der Waals surface area contributed by atoms with E-state index in [0.29, 0.717) is 11.1 Å². The molecule has 1 aromatic rings. The molecule has 1 rings (SSSR count). The molecular weight excluding hydrogens is 262 g/mol. The Balaban J connectivity index is 3.58. The Morgan fingerprint density at radius 2 is 1.95 bits per heavy atom. The third kappa shape index (κ3) is 3.54. The lowest BCUT2D eigenvalue weighted by Crippen LogP contribution is -2.16. The minimum absolute atomic E-state index is 0.0939. The topological polar surface area (TPSA) is 78.7 Å². The molecular formula is C14H19NO5. The van der Waals surface area contributed by atoms with Gasteiger partial charge >= 0.3 is 5.69 Å². The van der Waals surface area contributed by atoms with Gasteiger partial charge in [0.1, 0.15) is 0 Å². The smallest absolute Gasteiger partial charge is 0.312 e. The number of rotatable bonds is 5. The molecule has 0 spiro atoms. The van der Waals surface area contributed by atoms with Crippen molar-refractivity contribution in [3.63, 3.8) is 0 Å². The molecule has 0 amide bonds. The van der Waals surface area contributed by atoms with E-state index in [2.05, 4.69) is 0 Å². The third-order valence-corrected chi connectivity index (χ3v) is 2.80. The van der Waals surface area contributed by atoms with Crippen LogP contribution in [0.4, 0.5) is 5.69 Å². The fourth-order valence-electron chi connectivity index (χ4n) is 1.78. The monoisotopic (exact) mass is 281 g/mol. The average molecular weight is 281 g/mol. The van der Waals surface area contributed by atoms with E-state index in [9.17, 15) is 14.9 Å². The summed E-state index contributed by atoms with van der Waals surface area (Å²) in [5.74, 6) is -0.0776. The maximum atomic E-state index is 11.5. The fourth-order valence-corrected chi connectivity index (χ4v) is 1.78. The van der Waals surface area contributed by atoms with E-state index in [4.69, 9.17) is 9.47 Å². The lowest BCUT2D eigenvalue weighted by atomic mass is 9.84. The van der Waals surface area contributed by atoms with Gasteiger partial charge < -0.3 is 9.47 Å². The molecule has 0 bridgehead atoms. The minimum Gasteiger partial charge on any atom is -0.460 e. The zero-order valence-corrected chi connectivity index (χ0v) is 12.4. The van der Waals surface area contributed by atoms with Crippen molar-refractivity contribution < 1.29 is 19.2 Å². The van der Waals surface area contributed by atoms with E-state index in [0.717, 1.165) is 0 Å². The standard InChI is InChI=1S/C14H19NO5/c1-9(16)10-6-11(14(2,3)4)13(20-8-19-5)12(7-10)15(17)18/h6-7H,8H2,1-5H3. The number of ketones is 1. The summed E-state index contributed by atoms with van der Waals surface area (Å²) < 4.78 is 10.2. The van der Waals surface area contributed by atoms with Gasteiger partial charge in [-0.15, -0.1) is 0 Å².